The van der Waals surface area contributed by atoms with Crippen molar-refractivity contribution in [3.63, 3.8) is 0 Å². The summed E-state index contributed by atoms with van der Waals surface area (Å²) in [6.45, 7) is 0.650. The minimum atomic E-state index is -0.0382. The average molecular weight is 274 g/mol. The molecule has 1 aromatic rings. The van der Waals surface area contributed by atoms with Crippen LogP contribution in [0.3, 0.4) is 0 Å². The number of hydrogen-bond acceptors (Lipinski definition) is 5. The summed E-state index contributed by atoms with van der Waals surface area (Å²) in [5.74, 6) is 0.703. The first-order valence-electron chi connectivity index (χ1n) is 6.47. The van der Waals surface area contributed by atoms with Crippen molar-refractivity contribution in [2.75, 3.05) is 13.6 Å². The molecular formula is C12H15BN4O3. The standard InChI is InChI=1S/C12H15BN4O3/c1-16-10-5-17(12(16)18)8(3-13-20-6-14)2-9(10)11-4-15-7-19-11/h2,4,6-8,10,13-14H,3,5H2,1H3/t8-,10?/m0/s1. The number of nitrogens with zero attached hydrogens (tertiary/aromatic N) is 3. The molecule has 1 aromatic heterocycles. The van der Waals surface area contributed by atoms with Crippen molar-refractivity contribution in [2.45, 2.75) is 18.4 Å². The second-order valence-electron chi connectivity index (χ2n) is 4.89. The van der Waals surface area contributed by atoms with Gasteiger partial charge in [0.05, 0.1) is 12.2 Å². The van der Waals surface area contributed by atoms with E-state index in [9.17, 15) is 4.79 Å². The minimum Gasteiger partial charge on any atom is -0.557 e. The molecule has 1 unspecified atom stereocenters. The van der Waals surface area contributed by atoms with Crippen molar-refractivity contribution in [3.8, 4) is 0 Å². The number of aromatic nitrogens is 1. The fraction of sp³-hybridized carbons (Fsp3) is 0.417. The van der Waals surface area contributed by atoms with Gasteiger partial charge in [-0.1, -0.05) is 6.08 Å². The Labute approximate surface area is 117 Å². The Bertz CT molecular complexity index is 545. The van der Waals surface area contributed by atoms with Crippen molar-refractivity contribution >= 4 is 25.5 Å². The zero-order valence-electron chi connectivity index (χ0n) is 11.2. The summed E-state index contributed by atoms with van der Waals surface area (Å²) < 4.78 is 10.3. The van der Waals surface area contributed by atoms with Crippen LogP contribution in [0.4, 0.5) is 4.79 Å². The number of likely N-dealkylation sites (N-methyl/N-ethyl adjacent to an activating group) is 1. The molecule has 0 aromatic carbocycles. The molecular weight excluding hydrogens is 259 g/mol. The van der Waals surface area contributed by atoms with Gasteiger partial charge in [-0.05, 0) is 6.32 Å². The van der Waals surface area contributed by atoms with Crippen LogP contribution in [0.2, 0.25) is 6.32 Å². The summed E-state index contributed by atoms with van der Waals surface area (Å²) in [4.78, 5) is 19.7. The number of amides is 2. The van der Waals surface area contributed by atoms with Crippen molar-refractivity contribution in [1.29, 1.82) is 5.41 Å². The molecule has 8 heteroatoms. The first kappa shape index (κ1) is 12.8. The number of oxazole rings is 1. The monoisotopic (exact) mass is 274 g/mol. The van der Waals surface area contributed by atoms with Gasteiger partial charge in [-0.15, -0.1) is 0 Å². The van der Waals surface area contributed by atoms with Crippen LogP contribution in [0.1, 0.15) is 5.76 Å². The molecule has 2 bridgehead atoms. The SMILES string of the molecule is CN1C(=O)N2CC1C(c1cnco1)=C[C@H]2CBOC=N. The molecule has 2 atom stereocenters. The van der Waals surface area contributed by atoms with Crippen molar-refractivity contribution < 1.29 is 13.9 Å². The first-order chi connectivity index (χ1) is 9.72. The third-order valence-corrected chi connectivity index (χ3v) is 3.85. The summed E-state index contributed by atoms with van der Waals surface area (Å²) in [7, 11) is 2.21. The number of carbonyl (C=O) groups excluding carboxylic acids is 1. The molecule has 2 aliphatic rings. The normalized spacial score (nSPS) is 24.6. The van der Waals surface area contributed by atoms with Gasteiger partial charge in [0.2, 0.25) is 0 Å². The van der Waals surface area contributed by atoms with Crippen LogP contribution in [0, 0.1) is 5.41 Å². The Morgan fingerprint density at radius 2 is 2.55 bits per heavy atom. The lowest BCUT2D eigenvalue weighted by Gasteiger charge is -2.28. The molecule has 1 fully saturated rings. The van der Waals surface area contributed by atoms with Gasteiger partial charge >= 0.3 is 13.5 Å². The molecule has 104 valence electrons. The Hall–Kier alpha value is -2.25. The second-order valence-corrected chi connectivity index (χ2v) is 4.89. The summed E-state index contributed by atoms with van der Waals surface area (Å²) in [6, 6.07) is -0.0141. The molecule has 1 N–H and O–H groups in total. The van der Waals surface area contributed by atoms with Crippen LogP contribution in [-0.2, 0) is 4.65 Å². The van der Waals surface area contributed by atoms with Crippen LogP contribution >= 0.6 is 0 Å². The molecule has 7 nitrogen and oxygen atoms in total. The van der Waals surface area contributed by atoms with Crippen LogP contribution in [-0.4, -0.2) is 60.4 Å². The number of hydrogen-bond donors (Lipinski definition) is 1. The average Bonchev–Trinajstić information content (AvgIpc) is 3.06. The van der Waals surface area contributed by atoms with E-state index >= 15 is 0 Å². The van der Waals surface area contributed by atoms with E-state index in [1.165, 1.54) is 6.39 Å². The van der Waals surface area contributed by atoms with Crippen LogP contribution in [0.15, 0.2) is 23.1 Å². The van der Waals surface area contributed by atoms with Gasteiger partial charge < -0.3 is 18.9 Å². The van der Waals surface area contributed by atoms with E-state index in [1.54, 1.807) is 18.1 Å². The van der Waals surface area contributed by atoms with Crippen LogP contribution in [0.25, 0.3) is 5.57 Å². The van der Waals surface area contributed by atoms with Gasteiger partial charge in [0.1, 0.15) is 6.40 Å². The maximum Gasteiger partial charge on any atom is 0.343 e. The third-order valence-electron chi connectivity index (χ3n) is 3.85. The lowest BCUT2D eigenvalue weighted by molar-refractivity contribution is 0.193. The number of rotatable bonds is 5. The molecule has 2 amide bonds. The highest BCUT2D eigenvalue weighted by atomic mass is 16.4. The highest BCUT2D eigenvalue weighted by Gasteiger charge is 2.44. The summed E-state index contributed by atoms with van der Waals surface area (Å²) in [5, 5.41) is 6.87. The van der Waals surface area contributed by atoms with E-state index in [1.807, 2.05) is 11.0 Å². The van der Waals surface area contributed by atoms with E-state index in [0.717, 1.165) is 12.0 Å². The number of nitrogens with one attached hydrogen (secondary N) is 1. The van der Waals surface area contributed by atoms with E-state index in [-0.39, 0.29) is 18.1 Å². The quantitative estimate of drug-likeness (QED) is 0.368. The first-order valence-corrected chi connectivity index (χ1v) is 6.47. The fourth-order valence-electron chi connectivity index (χ4n) is 2.81. The Morgan fingerprint density at radius 3 is 3.25 bits per heavy atom. The van der Waals surface area contributed by atoms with E-state index in [0.29, 0.717) is 26.1 Å². The number of carbonyl (C=O) groups is 1. The predicted octanol–water partition coefficient (Wildman–Crippen LogP) is 0.570. The lowest BCUT2D eigenvalue weighted by Crippen LogP contribution is -2.39. The van der Waals surface area contributed by atoms with Gasteiger partial charge in [0.25, 0.3) is 0 Å². The van der Waals surface area contributed by atoms with Crippen molar-refractivity contribution in [3.05, 3.63) is 24.4 Å². The van der Waals surface area contributed by atoms with Crippen molar-refractivity contribution in [1.82, 2.24) is 14.8 Å². The van der Waals surface area contributed by atoms with E-state index in [2.05, 4.69) is 4.98 Å². The largest absolute Gasteiger partial charge is 0.557 e. The van der Waals surface area contributed by atoms with Gasteiger partial charge in [-0.3, -0.25) is 5.41 Å². The summed E-state index contributed by atoms with van der Waals surface area (Å²) in [6.07, 6.45) is 6.68. The maximum atomic E-state index is 12.2. The van der Waals surface area contributed by atoms with Gasteiger partial charge in [-0.25, -0.2) is 9.78 Å². The molecule has 3 heterocycles. The van der Waals surface area contributed by atoms with Crippen LogP contribution in [0.5, 0.6) is 0 Å². The Morgan fingerprint density at radius 1 is 1.70 bits per heavy atom. The number of urea groups is 1. The maximum absolute atomic E-state index is 12.2. The minimum absolute atomic E-state index is 0.00959. The topological polar surface area (TPSA) is 82.7 Å². The highest BCUT2D eigenvalue weighted by Crippen LogP contribution is 2.35. The molecule has 0 spiro atoms. The van der Waals surface area contributed by atoms with Gasteiger partial charge in [-0.2, -0.15) is 0 Å². The second kappa shape index (κ2) is 5.03. The molecule has 20 heavy (non-hydrogen) atoms. The van der Waals surface area contributed by atoms with Gasteiger partial charge in [0.15, 0.2) is 12.2 Å². The highest BCUT2D eigenvalue weighted by molar-refractivity contribution is 6.29. The van der Waals surface area contributed by atoms with Crippen molar-refractivity contribution in [2.24, 2.45) is 0 Å². The smallest absolute Gasteiger partial charge is 0.343 e. The predicted molar refractivity (Wildman–Crippen MR) is 73.7 cm³/mol. The molecule has 3 rings (SSSR count). The van der Waals surface area contributed by atoms with Gasteiger partial charge in [0, 0.05) is 25.2 Å². The number of fused-ring (bicyclic) bond motifs is 2. The molecule has 0 saturated carbocycles. The molecule has 0 aliphatic carbocycles. The van der Waals surface area contributed by atoms with E-state index < -0.39 is 0 Å². The van der Waals surface area contributed by atoms with Crippen LogP contribution < -0.4 is 0 Å². The fourth-order valence-corrected chi connectivity index (χ4v) is 2.81. The zero-order chi connectivity index (χ0) is 14.1. The Balaban J connectivity index is 1.88. The lowest BCUT2D eigenvalue weighted by atomic mass is 9.85. The van der Waals surface area contributed by atoms with E-state index in [4.69, 9.17) is 14.5 Å². The third kappa shape index (κ3) is 1.97. The molecule has 2 aliphatic heterocycles. The summed E-state index contributed by atoms with van der Waals surface area (Å²) in [5.41, 5.74) is 0.993. The molecule has 1 saturated heterocycles. The Kier molecular flexibility index (Phi) is 3.21. The zero-order valence-corrected chi connectivity index (χ0v) is 11.2. The summed E-state index contributed by atoms with van der Waals surface area (Å²) >= 11 is 0. The molecule has 0 radical (unpaired) electrons.